The molecule has 1 aromatic carbocycles. The summed E-state index contributed by atoms with van der Waals surface area (Å²) in [4.78, 5) is 13.2. The topological polar surface area (TPSA) is 25.2 Å². The van der Waals surface area contributed by atoms with Gasteiger partial charge in [0.1, 0.15) is 5.82 Å². The van der Waals surface area contributed by atoms with Crippen LogP contribution in [0.1, 0.15) is 41.6 Å². The van der Waals surface area contributed by atoms with Gasteiger partial charge in [-0.15, -0.1) is 0 Å². The van der Waals surface area contributed by atoms with Crippen LogP contribution in [0.2, 0.25) is 0 Å². The van der Waals surface area contributed by atoms with E-state index in [1.165, 1.54) is 12.1 Å². The van der Waals surface area contributed by atoms with E-state index in [1.54, 1.807) is 6.07 Å². The van der Waals surface area contributed by atoms with E-state index in [9.17, 15) is 9.18 Å². The molecule has 1 spiro atoms. The highest BCUT2D eigenvalue weighted by atomic mass is 19.1. The standard InChI is InChI=1S/C19H19FN2O/c1-14-6-2-3-9-19(14)13-15-12-16(20)7-8-17(15)18(23)22(19)21-10-4-5-11-21/h4-5,7-8,10-12H,1-3,6,9,13H2. The molecule has 1 saturated carbocycles. The molecule has 23 heavy (non-hydrogen) atoms. The highest BCUT2D eigenvalue weighted by Gasteiger charge is 2.48. The van der Waals surface area contributed by atoms with E-state index in [-0.39, 0.29) is 11.7 Å². The van der Waals surface area contributed by atoms with Crippen LogP contribution in [0, 0.1) is 5.82 Å². The fourth-order valence-electron chi connectivity index (χ4n) is 4.03. The summed E-state index contributed by atoms with van der Waals surface area (Å²) >= 11 is 0. The minimum atomic E-state index is -0.449. The summed E-state index contributed by atoms with van der Waals surface area (Å²) in [6, 6.07) is 8.28. The van der Waals surface area contributed by atoms with Gasteiger partial charge >= 0.3 is 0 Å². The van der Waals surface area contributed by atoms with Crippen molar-refractivity contribution in [3.63, 3.8) is 0 Å². The van der Waals surface area contributed by atoms with Gasteiger partial charge in [-0.3, -0.25) is 9.47 Å². The van der Waals surface area contributed by atoms with Crippen LogP contribution < -0.4 is 5.01 Å². The van der Waals surface area contributed by atoms with Crippen LogP contribution in [-0.4, -0.2) is 16.1 Å². The number of nitrogens with zero attached hydrogens (tertiary/aromatic N) is 2. The second kappa shape index (κ2) is 5.08. The maximum absolute atomic E-state index is 13.7. The van der Waals surface area contributed by atoms with E-state index in [0.717, 1.165) is 36.8 Å². The Kier molecular flexibility index (Phi) is 3.15. The molecule has 1 amide bonds. The highest BCUT2D eigenvalue weighted by molar-refractivity contribution is 6.05. The molecule has 4 heteroatoms. The van der Waals surface area contributed by atoms with Gasteiger partial charge in [-0.2, -0.15) is 0 Å². The Morgan fingerprint density at radius 2 is 1.96 bits per heavy atom. The Bertz CT molecular complexity index is 781. The van der Waals surface area contributed by atoms with Crippen molar-refractivity contribution in [1.82, 2.24) is 4.68 Å². The van der Waals surface area contributed by atoms with Gasteiger partial charge in [-0.25, -0.2) is 9.40 Å². The molecule has 3 nitrogen and oxygen atoms in total. The molecule has 2 aliphatic rings. The number of hydrogen-bond donors (Lipinski definition) is 0. The average Bonchev–Trinajstić information content (AvgIpc) is 3.04. The van der Waals surface area contributed by atoms with Crippen molar-refractivity contribution in [2.45, 2.75) is 37.6 Å². The molecule has 0 radical (unpaired) electrons. The summed E-state index contributed by atoms with van der Waals surface area (Å²) in [7, 11) is 0. The number of carbonyl (C=O) groups excluding carboxylic acids is 1. The number of benzene rings is 1. The van der Waals surface area contributed by atoms with E-state index < -0.39 is 5.54 Å². The van der Waals surface area contributed by atoms with E-state index in [2.05, 4.69) is 6.58 Å². The number of rotatable bonds is 1. The molecule has 0 saturated heterocycles. The average molecular weight is 310 g/mol. The monoisotopic (exact) mass is 310 g/mol. The van der Waals surface area contributed by atoms with Gasteiger partial charge in [0.15, 0.2) is 0 Å². The van der Waals surface area contributed by atoms with Crippen LogP contribution in [0.4, 0.5) is 4.39 Å². The molecule has 0 N–H and O–H groups in total. The number of carbonyl (C=O) groups is 1. The molecule has 2 aromatic rings. The third-order valence-corrected chi connectivity index (χ3v) is 5.18. The fraction of sp³-hybridized carbons (Fsp3) is 0.316. The van der Waals surface area contributed by atoms with E-state index in [4.69, 9.17) is 0 Å². The summed E-state index contributed by atoms with van der Waals surface area (Å²) in [6.45, 7) is 4.28. The van der Waals surface area contributed by atoms with E-state index in [1.807, 2.05) is 34.2 Å². The Morgan fingerprint density at radius 3 is 2.70 bits per heavy atom. The summed E-state index contributed by atoms with van der Waals surface area (Å²) in [6.07, 6.45) is 8.33. The number of aromatic nitrogens is 1. The molecule has 1 aromatic heterocycles. The van der Waals surface area contributed by atoms with Crippen molar-refractivity contribution in [2.24, 2.45) is 0 Å². The molecule has 2 heterocycles. The summed E-state index contributed by atoms with van der Waals surface area (Å²) in [5, 5.41) is 1.83. The van der Waals surface area contributed by atoms with Crippen molar-refractivity contribution in [2.75, 3.05) is 5.01 Å². The Balaban J connectivity index is 1.92. The lowest BCUT2D eigenvalue weighted by molar-refractivity contribution is 0.0891. The maximum atomic E-state index is 13.7. The second-order valence-electron chi connectivity index (χ2n) is 6.50. The predicted octanol–water partition coefficient (Wildman–Crippen LogP) is 3.83. The van der Waals surface area contributed by atoms with Crippen LogP contribution in [0.3, 0.4) is 0 Å². The Hall–Kier alpha value is -2.36. The van der Waals surface area contributed by atoms with Crippen LogP contribution in [-0.2, 0) is 6.42 Å². The van der Waals surface area contributed by atoms with Crippen molar-refractivity contribution in [1.29, 1.82) is 0 Å². The van der Waals surface area contributed by atoms with Gasteiger partial charge in [0.2, 0.25) is 0 Å². The zero-order valence-corrected chi connectivity index (χ0v) is 13.0. The van der Waals surface area contributed by atoms with Crippen molar-refractivity contribution >= 4 is 5.91 Å². The number of fused-ring (bicyclic) bond motifs is 1. The zero-order chi connectivity index (χ0) is 16.0. The first-order valence-electron chi connectivity index (χ1n) is 8.06. The molecule has 4 rings (SSSR count). The first kappa shape index (κ1) is 14.2. The predicted molar refractivity (Wildman–Crippen MR) is 87.4 cm³/mol. The fourth-order valence-corrected chi connectivity index (χ4v) is 4.03. The van der Waals surface area contributed by atoms with Crippen molar-refractivity contribution in [3.05, 3.63) is 71.8 Å². The zero-order valence-electron chi connectivity index (χ0n) is 13.0. The first-order valence-corrected chi connectivity index (χ1v) is 8.06. The van der Waals surface area contributed by atoms with Crippen LogP contribution in [0.25, 0.3) is 0 Å². The van der Waals surface area contributed by atoms with Gasteiger partial charge in [0, 0.05) is 24.4 Å². The van der Waals surface area contributed by atoms with Crippen LogP contribution in [0.5, 0.6) is 0 Å². The lowest BCUT2D eigenvalue weighted by atomic mass is 9.71. The van der Waals surface area contributed by atoms with Gasteiger partial charge in [-0.05, 0) is 60.7 Å². The molecule has 118 valence electrons. The third kappa shape index (κ3) is 2.05. The summed E-state index contributed by atoms with van der Waals surface area (Å²) in [5.74, 6) is -0.368. The van der Waals surface area contributed by atoms with E-state index in [0.29, 0.717) is 12.0 Å². The minimum absolute atomic E-state index is 0.0782. The van der Waals surface area contributed by atoms with Gasteiger partial charge in [-0.1, -0.05) is 13.0 Å². The summed E-state index contributed by atoms with van der Waals surface area (Å²) in [5.41, 5.74) is 2.00. The molecule has 1 atom stereocenters. The van der Waals surface area contributed by atoms with Crippen molar-refractivity contribution in [3.8, 4) is 0 Å². The Labute approximate surface area is 135 Å². The smallest absolute Gasteiger partial charge is 0.267 e. The normalized spacial score (nSPS) is 24.1. The molecular weight excluding hydrogens is 291 g/mol. The summed E-state index contributed by atoms with van der Waals surface area (Å²) < 4.78 is 15.5. The van der Waals surface area contributed by atoms with Crippen LogP contribution >= 0.6 is 0 Å². The van der Waals surface area contributed by atoms with Gasteiger partial charge < -0.3 is 0 Å². The van der Waals surface area contributed by atoms with Gasteiger partial charge in [0.05, 0.1) is 5.54 Å². The van der Waals surface area contributed by atoms with Gasteiger partial charge in [0.25, 0.3) is 5.91 Å². The molecule has 1 fully saturated rings. The molecule has 1 aliphatic heterocycles. The quantitative estimate of drug-likeness (QED) is 0.735. The lowest BCUT2D eigenvalue weighted by Crippen LogP contribution is -2.63. The Morgan fingerprint density at radius 1 is 1.17 bits per heavy atom. The molecule has 1 unspecified atom stereocenters. The third-order valence-electron chi connectivity index (χ3n) is 5.18. The number of halogens is 1. The highest BCUT2D eigenvalue weighted by Crippen LogP contribution is 2.43. The lowest BCUT2D eigenvalue weighted by Gasteiger charge is -2.50. The SMILES string of the molecule is C=C1CCCCC12Cc1cc(F)ccc1C(=O)N2n1cccc1. The van der Waals surface area contributed by atoms with Crippen molar-refractivity contribution < 1.29 is 9.18 Å². The first-order chi connectivity index (χ1) is 11.1. The number of amides is 1. The van der Waals surface area contributed by atoms with E-state index >= 15 is 0 Å². The molecule has 1 aliphatic carbocycles. The maximum Gasteiger partial charge on any atom is 0.273 e. The second-order valence-corrected chi connectivity index (χ2v) is 6.50. The number of hydrogen-bond acceptors (Lipinski definition) is 1. The largest absolute Gasteiger partial charge is 0.273 e. The molecule has 0 bridgehead atoms. The van der Waals surface area contributed by atoms with Crippen LogP contribution in [0.15, 0.2) is 54.9 Å². The molecular formula is C19H19FN2O. The minimum Gasteiger partial charge on any atom is -0.267 e.